The lowest BCUT2D eigenvalue weighted by atomic mass is 9.81. The molecule has 16 atom stereocenters. The Kier molecular flexibility index (Phi) is 29.5. The summed E-state index contributed by atoms with van der Waals surface area (Å²) in [5.41, 5.74) is 0. The second-order valence-electron chi connectivity index (χ2n) is 19.0. The van der Waals surface area contributed by atoms with Crippen LogP contribution in [0.25, 0.3) is 0 Å². The minimum absolute atomic E-state index is 0.0695. The van der Waals surface area contributed by atoms with E-state index in [9.17, 15) is 65.8 Å². The standard InChI is InChI=1S/C48H88O20/c1-3-5-7-9-11-13-15-16-17-19-21-23-25-27-35(52)67-68-45(60)31(26-24-22-20-18-14-12-10-8-6-4-2)48(44(59)39(56)36(53)32(28-49)65-48)66-43-34(30-51)63-47(41(58)38(43)55)64-42-33(29-50)62-46(61)40(57)37(42)54/h31-34,36-44,46-47,49-51,53-59,61H,3-30H2,1-2H3/t31?,32-,33-,34-,36-,37-,38-,39+,40-,41-,42-,43-,44-,46+,47?,48?/m1/s1. The van der Waals surface area contributed by atoms with Gasteiger partial charge in [-0.05, 0) is 12.8 Å². The Balaban J connectivity index is 1.78. The Bertz CT molecular complexity index is 1340. The first-order valence-corrected chi connectivity index (χ1v) is 25.7. The summed E-state index contributed by atoms with van der Waals surface area (Å²) in [6.07, 6.45) is -3.86. The molecule has 20 heteroatoms. The highest BCUT2D eigenvalue weighted by Crippen LogP contribution is 2.43. The molecule has 3 unspecified atom stereocenters. The Morgan fingerprint density at radius 2 is 0.956 bits per heavy atom. The van der Waals surface area contributed by atoms with Crippen molar-refractivity contribution in [3.63, 3.8) is 0 Å². The first-order chi connectivity index (χ1) is 32.7. The van der Waals surface area contributed by atoms with Crippen molar-refractivity contribution in [2.45, 2.75) is 266 Å². The number of hydrogen-bond donors (Lipinski definition) is 11. The molecule has 0 aromatic rings. The molecule has 68 heavy (non-hydrogen) atoms. The fraction of sp³-hybridized carbons (Fsp3) is 0.958. The molecule has 3 aliphatic rings. The number of aliphatic hydroxyl groups is 11. The fourth-order valence-electron chi connectivity index (χ4n) is 9.34. The molecule has 3 fully saturated rings. The first kappa shape index (κ1) is 60.6. The first-order valence-electron chi connectivity index (χ1n) is 25.7. The Morgan fingerprint density at radius 1 is 0.500 bits per heavy atom. The summed E-state index contributed by atoms with van der Waals surface area (Å²) in [6.45, 7) is 1.53. The van der Waals surface area contributed by atoms with Crippen LogP contribution in [0.3, 0.4) is 0 Å². The minimum atomic E-state index is -2.85. The third kappa shape index (κ3) is 18.4. The Labute approximate surface area is 402 Å². The summed E-state index contributed by atoms with van der Waals surface area (Å²) in [4.78, 5) is 37.2. The van der Waals surface area contributed by atoms with Crippen molar-refractivity contribution >= 4 is 11.9 Å². The van der Waals surface area contributed by atoms with E-state index in [1.165, 1.54) is 57.8 Å². The molecule has 400 valence electrons. The quantitative estimate of drug-likeness (QED) is 0.0250. The molecular formula is C48H88O20. The lowest BCUT2D eigenvalue weighted by Crippen LogP contribution is -2.73. The van der Waals surface area contributed by atoms with E-state index in [-0.39, 0.29) is 19.3 Å². The van der Waals surface area contributed by atoms with Crippen molar-refractivity contribution in [1.82, 2.24) is 0 Å². The smallest absolute Gasteiger partial charge is 0.364 e. The van der Waals surface area contributed by atoms with Gasteiger partial charge >= 0.3 is 11.9 Å². The van der Waals surface area contributed by atoms with E-state index in [4.69, 9.17) is 33.5 Å². The molecule has 3 heterocycles. The average Bonchev–Trinajstić information content (AvgIpc) is 3.33. The van der Waals surface area contributed by atoms with E-state index in [2.05, 4.69) is 13.8 Å². The maximum Gasteiger partial charge on any atom is 0.364 e. The predicted molar refractivity (Wildman–Crippen MR) is 243 cm³/mol. The van der Waals surface area contributed by atoms with E-state index in [0.717, 1.165) is 70.6 Å². The zero-order valence-electron chi connectivity index (χ0n) is 40.6. The number of rotatable bonds is 34. The van der Waals surface area contributed by atoms with Gasteiger partial charge in [0, 0.05) is 0 Å². The number of carbonyl (C=O) groups is 2. The number of aliphatic hydroxyl groups excluding tert-OH is 11. The van der Waals surface area contributed by atoms with Crippen LogP contribution in [0.2, 0.25) is 0 Å². The molecule has 0 aromatic carbocycles. The largest absolute Gasteiger partial charge is 0.394 e. The molecule has 0 amide bonds. The normalized spacial score (nSPS) is 33.6. The molecule has 0 bridgehead atoms. The van der Waals surface area contributed by atoms with Gasteiger partial charge in [-0.2, -0.15) is 0 Å². The van der Waals surface area contributed by atoms with Crippen molar-refractivity contribution in [2.24, 2.45) is 5.92 Å². The lowest BCUT2D eigenvalue weighted by Gasteiger charge is -2.54. The third-order valence-corrected chi connectivity index (χ3v) is 13.6. The highest BCUT2D eigenvalue weighted by atomic mass is 17.2. The topological polar surface area (TPSA) is 321 Å². The van der Waals surface area contributed by atoms with Crippen LogP contribution in [0.15, 0.2) is 0 Å². The summed E-state index contributed by atoms with van der Waals surface area (Å²) < 4.78 is 28.8. The highest BCUT2D eigenvalue weighted by Gasteiger charge is 2.64. The Morgan fingerprint density at radius 3 is 1.46 bits per heavy atom. The second-order valence-corrected chi connectivity index (χ2v) is 19.0. The van der Waals surface area contributed by atoms with Crippen LogP contribution in [0, 0.1) is 5.92 Å². The molecule has 0 spiro atoms. The van der Waals surface area contributed by atoms with Crippen molar-refractivity contribution < 1.29 is 99.2 Å². The summed E-state index contributed by atoms with van der Waals surface area (Å²) in [6, 6.07) is 0. The molecular weight excluding hydrogens is 897 g/mol. The van der Waals surface area contributed by atoms with Crippen molar-refractivity contribution in [3.05, 3.63) is 0 Å². The van der Waals surface area contributed by atoms with Crippen LogP contribution in [0.5, 0.6) is 0 Å². The predicted octanol–water partition coefficient (Wildman–Crippen LogP) is 2.21. The summed E-state index contributed by atoms with van der Waals surface area (Å²) in [5.74, 6) is -6.84. The van der Waals surface area contributed by atoms with Gasteiger partial charge in [-0.1, -0.05) is 155 Å². The maximum atomic E-state index is 14.2. The molecule has 0 radical (unpaired) electrons. The van der Waals surface area contributed by atoms with Crippen molar-refractivity contribution in [2.75, 3.05) is 19.8 Å². The van der Waals surface area contributed by atoms with Gasteiger partial charge in [0.2, 0.25) is 5.79 Å². The zero-order valence-corrected chi connectivity index (χ0v) is 40.6. The number of hydrogen-bond acceptors (Lipinski definition) is 20. The number of ether oxygens (including phenoxy) is 5. The van der Waals surface area contributed by atoms with Crippen molar-refractivity contribution in [3.8, 4) is 0 Å². The van der Waals surface area contributed by atoms with Gasteiger partial charge in [0.15, 0.2) is 12.6 Å². The number of carbonyl (C=O) groups excluding carboxylic acids is 2. The van der Waals surface area contributed by atoms with Gasteiger partial charge in [-0.15, -0.1) is 0 Å². The monoisotopic (exact) mass is 985 g/mol. The molecule has 3 saturated heterocycles. The van der Waals surface area contributed by atoms with Crippen LogP contribution in [0.1, 0.15) is 174 Å². The molecule has 11 N–H and O–H groups in total. The average molecular weight is 985 g/mol. The van der Waals surface area contributed by atoms with E-state index < -0.39 is 129 Å². The van der Waals surface area contributed by atoms with Gasteiger partial charge in [0.25, 0.3) is 0 Å². The molecule has 20 nitrogen and oxygen atoms in total. The van der Waals surface area contributed by atoms with Crippen molar-refractivity contribution in [1.29, 1.82) is 0 Å². The SMILES string of the molecule is CCCCCCCCCCCCCCCC(=O)OOC(=O)C(CCCCCCCCCCCC)C1(O[C@H]2[C@H](O)[C@@H](O)C(O[C@H]3[C@H](O)[C@@H](O)[C@@H](O)O[C@@H]3CO)O[C@@H]2CO)O[C@H](CO)[C@@H](O)[C@H](O)[C@H]1O. The molecule has 3 aliphatic heterocycles. The van der Waals surface area contributed by atoms with Crippen LogP contribution < -0.4 is 0 Å². The minimum Gasteiger partial charge on any atom is -0.394 e. The highest BCUT2D eigenvalue weighted by molar-refractivity contribution is 5.75. The van der Waals surface area contributed by atoms with Crippen LogP contribution in [-0.2, 0) is 43.0 Å². The van der Waals surface area contributed by atoms with E-state index in [1.807, 2.05) is 0 Å². The summed E-state index contributed by atoms with van der Waals surface area (Å²) in [7, 11) is 0. The van der Waals surface area contributed by atoms with Crippen LogP contribution in [0.4, 0.5) is 0 Å². The van der Waals surface area contributed by atoms with Crippen LogP contribution in [-0.4, -0.2) is 180 Å². The summed E-state index contributed by atoms with van der Waals surface area (Å²) in [5, 5.41) is 118. The third-order valence-electron chi connectivity index (χ3n) is 13.6. The lowest BCUT2D eigenvalue weighted by molar-refractivity contribution is -0.422. The van der Waals surface area contributed by atoms with Gasteiger partial charge in [0.1, 0.15) is 79.2 Å². The van der Waals surface area contributed by atoms with E-state index in [0.29, 0.717) is 12.8 Å². The van der Waals surface area contributed by atoms with Gasteiger partial charge in [-0.25, -0.2) is 19.4 Å². The fourth-order valence-corrected chi connectivity index (χ4v) is 9.34. The van der Waals surface area contributed by atoms with Gasteiger partial charge < -0.3 is 79.9 Å². The Hall–Kier alpha value is -1.70. The number of unbranched alkanes of at least 4 members (excludes halogenated alkanes) is 21. The maximum absolute atomic E-state index is 14.2. The molecule has 0 saturated carbocycles. The molecule has 0 aliphatic carbocycles. The second kappa shape index (κ2) is 33.1. The zero-order chi connectivity index (χ0) is 50.1. The van der Waals surface area contributed by atoms with Gasteiger partial charge in [-0.3, -0.25) is 0 Å². The van der Waals surface area contributed by atoms with E-state index in [1.54, 1.807) is 0 Å². The molecule has 0 aromatic heterocycles. The van der Waals surface area contributed by atoms with E-state index >= 15 is 0 Å². The molecule has 3 rings (SSSR count). The summed E-state index contributed by atoms with van der Waals surface area (Å²) >= 11 is 0. The van der Waals surface area contributed by atoms with Gasteiger partial charge in [0.05, 0.1) is 26.2 Å². The van der Waals surface area contributed by atoms with Crippen LogP contribution >= 0.6 is 0 Å².